The molecule has 0 saturated heterocycles. The Kier molecular flexibility index (Phi) is 3.42. The fourth-order valence-electron chi connectivity index (χ4n) is 4.96. The van der Waals surface area contributed by atoms with E-state index in [1.165, 1.54) is 81.0 Å². The summed E-state index contributed by atoms with van der Waals surface area (Å²) in [6.45, 7) is 4.44. The summed E-state index contributed by atoms with van der Waals surface area (Å²) in [5.74, 6) is 0. The normalized spacial score (nSPS) is 12.7. The molecule has 0 amide bonds. The van der Waals surface area contributed by atoms with Crippen molar-refractivity contribution < 1.29 is 0 Å². The molecule has 0 saturated carbocycles. The van der Waals surface area contributed by atoms with Gasteiger partial charge in [0.25, 0.3) is 0 Å². The van der Waals surface area contributed by atoms with E-state index in [4.69, 9.17) is 0 Å². The maximum atomic E-state index is 2.43. The van der Waals surface area contributed by atoms with Gasteiger partial charge in [-0.05, 0) is 78.2 Å². The van der Waals surface area contributed by atoms with Crippen LogP contribution in [0.4, 0.5) is 0 Å². The number of rotatable bonds is 0. The van der Waals surface area contributed by atoms with E-state index in [0.717, 1.165) is 0 Å². The van der Waals surface area contributed by atoms with Crippen LogP contribution in [0.2, 0.25) is 0 Å². The van der Waals surface area contributed by atoms with Crippen molar-refractivity contribution in [1.82, 2.24) is 0 Å². The van der Waals surface area contributed by atoms with Gasteiger partial charge in [-0.3, -0.25) is 0 Å². The van der Waals surface area contributed by atoms with Gasteiger partial charge in [0.05, 0.1) is 18.8 Å². The van der Waals surface area contributed by atoms with Gasteiger partial charge in [0.1, 0.15) is 0 Å². The molecule has 0 aliphatic carbocycles. The highest BCUT2D eigenvalue weighted by Gasteiger charge is 2.16. The zero-order valence-corrected chi connectivity index (χ0v) is 20.7. The number of hydrogen-bond acceptors (Lipinski definition) is 4. The summed E-state index contributed by atoms with van der Waals surface area (Å²) in [4.78, 5) is 0. The summed E-state index contributed by atoms with van der Waals surface area (Å²) in [6, 6.07) is 23.3. The summed E-state index contributed by atoms with van der Waals surface area (Å²) >= 11 is 7.79. The van der Waals surface area contributed by atoms with Gasteiger partial charge in [-0.15, -0.1) is 45.3 Å². The molecule has 0 N–H and O–H groups in total. The first-order chi connectivity index (χ1) is 15.6. The summed E-state index contributed by atoms with van der Waals surface area (Å²) in [6.07, 6.45) is 0. The van der Waals surface area contributed by atoms with Gasteiger partial charge in [0.2, 0.25) is 0 Å². The Bertz CT molecular complexity index is 2060. The van der Waals surface area contributed by atoms with Crippen molar-refractivity contribution in [1.29, 1.82) is 0 Å². The van der Waals surface area contributed by atoms with Crippen LogP contribution in [0.3, 0.4) is 0 Å². The van der Waals surface area contributed by atoms with E-state index in [9.17, 15) is 0 Å². The largest absolute Gasteiger partial charge is 0.134 e. The summed E-state index contributed by atoms with van der Waals surface area (Å²) in [7, 11) is 0. The van der Waals surface area contributed by atoms with Crippen LogP contribution in [-0.2, 0) is 0 Å². The highest BCUT2D eigenvalue weighted by atomic mass is 32.1. The van der Waals surface area contributed by atoms with Crippen molar-refractivity contribution in [2.45, 2.75) is 13.8 Å². The maximum Gasteiger partial charge on any atom is 0.0542 e. The van der Waals surface area contributed by atoms with Crippen LogP contribution < -0.4 is 0 Å². The molecule has 4 aromatic heterocycles. The van der Waals surface area contributed by atoms with E-state index in [0.29, 0.717) is 0 Å². The van der Waals surface area contributed by atoms with E-state index in [1.54, 1.807) is 0 Å². The van der Waals surface area contributed by atoms with Crippen LogP contribution in [0.1, 0.15) is 11.1 Å². The van der Waals surface area contributed by atoms with Crippen molar-refractivity contribution in [3.63, 3.8) is 0 Å². The van der Waals surface area contributed by atoms with Crippen molar-refractivity contribution >= 4 is 115 Å². The molecule has 4 aromatic carbocycles. The average Bonchev–Trinajstić information content (AvgIpc) is 3.50. The maximum absolute atomic E-state index is 2.43. The molecule has 8 aromatic rings. The van der Waals surface area contributed by atoms with Crippen molar-refractivity contribution in [2.75, 3.05) is 0 Å². The highest BCUT2D eigenvalue weighted by molar-refractivity contribution is 7.37. The van der Waals surface area contributed by atoms with Gasteiger partial charge in [0.15, 0.2) is 0 Å². The van der Waals surface area contributed by atoms with Crippen LogP contribution in [0.25, 0.3) is 69.9 Å². The van der Waals surface area contributed by atoms with Crippen LogP contribution in [0.15, 0.2) is 60.7 Å². The monoisotopic (exact) mass is 480 g/mol. The van der Waals surface area contributed by atoms with Crippen LogP contribution in [-0.4, -0.2) is 0 Å². The molecule has 152 valence electrons. The molecule has 0 bridgehead atoms. The van der Waals surface area contributed by atoms with Crippen molar-refractivity contribution in [2.24, 2.45) is 0 Å². The minimum atomic E-state index is 1.35. The molecule has 0 aliphatic rings. The molecule has 4 heteroatoms. The fourth-order valence-corrected chi connectivity index (χ4v) is 10.4. The average molecular weight is 481 g/mol. The number of aryl methyl sites for hydroxylation is 2. The fraction of sp³-hybridized carbons (Fsp3) is 0.0714. The van der Waals surface area contributed by atoms with E-state index >= 15 is 0 Å². The molecule has 0 atom stereocenters. The Morgan fingerprint density at radius 3 is 1.56 bits per heavy atom. The van der Waals surface area contributed by atoms with Crippen LogP contribution in [0, 0.1) is 13.8 Å². The first kappa shape index (κ1) is 18.0. The first-order valence-electron chi connectivity index (χ1n) is 10.7. The van der Waals surface area contributed by atoms with E-state index in [1.807, 2.05) is 45.3 Å². The minimum Gasteiger partial charge on any atom is -0.134 e. The molecule has 32 heavy (non-hydrogen) atoms. The molecule has 0 nitrogen and oxygen atoms in total. The molecule has 0 radical (unpaired) electrons. The third-order valence-corrected chi connectivity index (χ3v) is 11.8. The van der Waals surface area contributed by atoms with Gasteiger partial charge in [0, 0.05) is 40.3 Å². The smallest absolute Gasteiger partial charge is 0.0542 e. The number of benzene rings is 4. The molecule has 0 fully saturated rings. The van der Waals surface area contributed by atoms with E-state index in [2.05, 4.69) is 74.5 Å². The third-order valence-electron chi connectivity index (χ3n) is 6.76. The minimum absolute atomic E-state index is 1.35. The van der Waals surface area contributed by atoms with Crippen molar-refractivity contribution in [3.05, 3.63) is 71.8 Å². The summed E-state index contributed by atoms with van der Waals surface area (Å²) < 4.78 is 11.4. The Morgan fingerprint density at radius 2 is 0.906 bits per heavy atom. The highest BCUT2D eigenvalue weighted by Crippen LogP contribution is 2.48. The van der Waals surface area contributed by atoms with Crippen LogP contribution >= 0.6 is 45.3 Å². The van der Waals surface area contributed by atoms with Gasteiger partial charge in [-0.25, -0.2) is 0 Å². The van der Waals surface area contributed by atoms with Gasteiger partial charge >= 0.3 is 0 Å². The number of fused-ring (bicyclic) bond motifs is 11. The van der Waals surface area contributed by atoms with Gasteiger partial charge < -0.3 is 0 Å². The van der Waals surface area contributed by atoms with Crippen LogP contribution in [0.5, 0.6) is 0 Å². The third kappa shape index (κ3) is 2.26. The predicted molar refractivity (Wildman–Crippen MR) is 150 cm³/mol. The number of thiophene rings is 4. The lowest BCUT2D eigenvalue weighted by molar-refractivity contribution is 1.37. The molecule has 0 aliphatic heterocycles. The lowest BCUT2D eigenvalue weighted by atomic mass is 10.1. The predicted octanol–water partition coefficient (Wildman–Crippen LogP) is 10.6. The molecule has 0 unspecified atom stereocenters. The van der Waals surface area contributed by atoms with Crippen molar-refractivity contribution in [3.8, 4) is 0 Å². The Hall–Kier alpha value is -2.50. The lowest BCUT2D eigenvalue weighted by Crippen LogP contribution is -1.77. The lowest BCUT2D eigenvalue weighted by Gasteiger charge is -2.01. The van der Waals surface area contributed by atoms with Gasteiger partial charge in [-0.1, -0.05) is 18.2 Å². The zero-order valence-electron chi connectivity index (χ0n) is 17.4. The molecule has 0 spiro atoms. The molecule has 8 rings (SSSR count). The summed E-state index contributed by atoms with van der Waals surface area (Å²) in [5, 5.41) is 8.35. The quantitative estimate of drug-likeness (QED) is 0.202. The Morgan fingerprint density at radius 1 is 0.438 bits per heavy atom. The second kappa shape index (κ2) is 6.09. The molecule has 4 heterocycles. The zero-order chi connectivity index (χ0) is 21.1. The topological polar surface area (TPSA) is 0 Å². The number of hydrogen-bond donors (Lipinski definition) is 0. The first-order valence-corrected chi connectivity index (χ1v) is 13.9. The molecular formula is C28H16S4. The second-order valence-corrected chi connectivity index (χ2v) is 12.9. The van der Waals surface area contributed by atoms with Gasteiger partial charge in [-0.2, -0.15) is 0 Å². The SMILES string of the molecule is Cc1cc2sc3c4cc5cc6sc7c8ccccc8sc7c6cc5cc4sc3c2cc1C. The molecular weight excluding hydrogens is 465 g/mol. The second-order valence-electron chi connectivity index (χ2n) is 8.70. The Labute approximate surface area is 199 Å². The summed E-state index contributed by atoms with van der Waals surface area (Å²) in [5.41, 5.74) is 2.76. The van der Waals surface area contributed by atoms with E-state index in [-0.39, 0.29) is 0 Å². The standard InChI is InChI=1S/C28H16S4/c1-13-7-18-22(8-14(13)2)30-28-20-10-16-11-23-19(9-15(16)12-24(20)32-26(18)28)27-25(31-23)17-5-3-4-6-21(17)29-27/h3-12H,1-2H3. The van der Waals surface area contributed by atoms with E-state index < -0.39 is 0 Å². The Balaban J connectivity index is 1.47.